The van der Waals surface area contributed by atoms with Crippen molar-refractivity contribution in [1.29, 1.82) is 0 Å². The van der Waals surface area contributed by atoms with Crippen LogP contribution in [0, 0.1) is 13.8 Å². The molecule has 9 aromatic rings. The molecule has 6 aromatic carbocycles. The molecule has 0 aliphatic heterocycles. The molecule has 0 N–H and O–H groups in total. The lowest BCUT2D eigenvalue weighted by Crippen LogP contribution is -1.94. The molecule has 0 spiro atoms. The predicted molar refractivity (Wildman–Crippen MR) is 170 cm³/mol. The summed E-state index contributed by atoms with van der Waals surface area (Å²) in [6, 6.07) is 40.9. The van der Waals surface area contributed by atoms with Gasteiger partial charge < -0.3 is 13.4 Å². The molecule has 3 aromatic heterocycles. The van der Waals surface area contributed by atoms with Crippen LogP contribution in [0.25, 0.3) is 82.5 Å². The Kier molecular flexibility index (Phi) is 4.46. The van der Waals surface area contributed by atoms with Gasteiger partial charge >= 0.3 is 0 Å². The summed E-state index contributed by atoms with van der Waals surface area (Å²) in [5.41, 5.74) is 11.8. The Morgan fingerprint density at radius 3 is 1.73 bits per heavy atom. The van der Waals surface area contributed by atoms with Gasteiger partial charge in [-0.25, -0.2) is 0 Å². The Bertz CT molecular complexity index is 2440. The van der Waals surface area contributed by atoms with Crippen LogP contribution >= 0.6 is 0 Å². The van der Waals surface area contributed by atoms with Crippen LogP contribution in [-0.4, -0.2) is 4.57 Å². The second-order valence-electron chi connectivity index (χ2n) is 11.1. The SMILES string of the molecule is Cc1ccc2c(c1)c1cc(C)ccc1n2-c1cccc2c1oc1cccc(-c3cccc4oc5ccccc5c34)c12. The Hall–Kier alpha value is -5.28. The van der Waals surface area contributed by atoms with Crippen LogP contribution in [0.1, 0.15) is 11.1 Å². The zero-order valence-corrected chi connectivity index (χ0v) is 22.7. The molecule has 0 amide bonds. The van der Waals surface area contributed by atoms with E-state index in [1.165, 1.54) is 32.9 Å². The van der Waals surface area contributed by atoms with E-state index in [0.717, 1.165) is 60.7 Å². The van der Waals surface area contributed by atoms with Gasteiger partial charge in [0.05, 0.1) is 16.7 Å². The molecule has 3 heteroatoms. The zero-order chi connectivity index (χ0) is 27.2. The number of hydrogen-bond donors (Lipinski definition) is 0. The minimum absolute atomic E-state index is 0.877. The molecule has 3 heterocycles. The molecule has 0 unspecified atom stereocenters. The van der Waals surface area contributed by atoms with Gasteiger partial charge in [0.15, 0.2) is 5.58 Å². The highest BCUT2D eigenvalue weighted by Gasteiger charge is 2.21. The Morgan fingerprint density at radius 1 is 0.463 bits per heavy atom. The first kappa shape index (κ1) is 22.5. The second kappa shape index (κ2) is 8.12. The third-order valence-corrected chi connectivity index (χ3v) is 8.51. The lowest BCUT2D eigenvalue weighted by atomic mass is 9.95. The van der Waals surface area contributed by atoms with Crippen molar-refractivity contribution in [3.8, 4) is 16.8 Å². The maximum Gasteiger partial charge on any atom is 0.159 e. The molecule has 0 bridgehead atoms. The van der Waals surface area contributed by atoms with Crippen molar-refractivity contribution < 1.29 is 8.83 Å². The van der Waals surface area contributed by atoms with Crippen molar-refractivity contribution in [1.82, 2.24) is 4.57 Å². The van der Waals surface area contributed by atoms with E-state index in [-0.39, 0.29) is 0 Å². The highest BCUT2D eigenvalue weighted by atomic mass is 16.3. The van der Waals surface area contributed by atoms with Crippen molar-refractivity contribution >= 4 is 65.7 Å². The number of para-hydroxylation sites is 2. The lowest BCUT2D eigenvalue weighted by Gasteiger charge is -2.09. The van der Waals surface area contributed by atoms with E-state index in [9.17, 15) is 0 Å². The molecule has 3 nitrogen and oxygen atoms in total. The number of fused-ring (bicyclic) bond motifs is 9. The fourth-order valence-electron chi connectivity index (χ4n) is 6.74. The van der Waals surface area contributed by atoms with Gasteiger partial charge in [0.2, 0.25) is 0 Å². The first-order chi connectivity index (χ1) is 20.2. The molecule has 0 saturated carbocycles. The van der Waals surface area contributed by atoms with Crippen LogP contribution in [0.15, 0.2) is 124 Å². The van der Waals surface area contributed by atoms with Gasteiger partial charge in [0.25, 0.3) is 0 Å². The fraction of sp³-hybridized carbons (Fsp3) is 0.0526. The smallest absolute Gasteiger partial charge is 0.159 e. The molecule has 0 fully saturated rings. The van der Waals surface area contributed by atoms with Crippen LogP contribution in [0.4, 0.5) is 0 Å². The summed E-state index contributed by atoms with van der Waals surface area (Å²) in [5.74, 6) is 0. The van der Waals surface area contributed by atoms with E-state index in [2.05, 4.69) is 122 Å². The van der Waals surface area contributed by atoms with Crippen molar-refractivity contribution in [2.75, 3.05) is 0 Å². The van der Waals surface area contributed by atoms with Gasteiger partial charge in [-0.05, 0) is 73.5 Å². The molecule has 9 rings (SSSR count). The molecular weight excluding hydrogens is 502 g/mol. The molecule has 194 valence electrons. The fourth-order valence-corrected chi connectivity index (χ4v) is 6.74. The maximum absolute atomic E-state index is 6.75. The summed E-state index contributed by atoms with van der Waals surface area (Å²) < 4.78 is 15.3. The number of aryl methyl sites for hydroxylation is 2. The average molecular weight is 528 g/mol. The molecular formula is C38H25NO2. The number of hydrogen-bond acceptors (Lipinski definition) is 2. The number of rotatable bonds is 2. The summed E-state index contributed by atoms with van der Waals surface area (Å²) >= 11 is 0. The Balaban J connectivity index is 1.39. The number of nitrogens with zero attached hydrogens (tertiary/aromatic N) is 1. The summed E-state index contributed by atoms with van der Waals surface area (Å²) in [6.07, 6.45) is 0. The summed E-state index contributed by atoms with van der Waals surface area (Å²) in [6.45, 7) is 4.31. The minimum Gasteiger partial charge on any atom is -0.456 e. The molecule has 0 radical (unpaired) electrons. The summed E-state index contributed by atoms with van der Waals surface area (Å²) in [5, 5.41) is 7.00. The van der Waals surface area contributed by atoms with Crippen LogP contribution in [0.2, 0.25) is 0 Å². The van der Waals surface area contributed by atoms with Crippen LogP contribution in [0.5, 0.6) is 0 Å². The van der Waals surface area contributed by atoms with Gasteiger partial charge in [0.1, 0.15) is 16.7 Å². The monoisotopic (exact) mass is 527 g/mol. The van der Waals surface area contributed by atoms with Gasteiger partial charge in [-0.1, -0.05) is 77.9 Å². The molecule has 0 aliphatic rings. The number of furan rings is 2. The van der Waals surface area contributed by atoms with E-state index in [0.29, 0.717) is 0 Å². The minimum atomic E-state index is 0.877. The normalized spacial score (nSPS) is 12.1. The van der Waals surface area contributed by atoms with Gasteiger partial charge in [-0.3, -0.25) is 0 Å². The predicted octanol–water partition coefficient (Wildman–Crippen LogP) is 10.9. The van der Waals surface area contributed by atoms with Crippen LogP contribution in [-0.2, 0) is 0 Å². The van der Waals surface area contributed by atoms with Crippen molar-refractivity contribution in [3.63, 3.8) is 0 Å². The van der Waals surface area contributed by atoms with E-state index in [1.54, 1.807) is 0 Å². The first-order valence-electron chi connectivity index (χ1n) is 14.0. The van der Waals surface area contributed by atoms with Gasteiger partial charge in [0, 0.05) is 32.3 Å². The van der Waals surface area contributed by atoms with E-state index >= 15 is 0 Å². The maximum atomic E-state index is 6.75. The lowest BCUT2D eigenvalue weighted by molar-refractivity contribution is 0.666. The van der Waals surface area contributed by atoms with Crippen molar-refractivity contribution in [3.05, 3.63) is 126 Å². The van der Waals surface area contributed by atoms with Gasteiger partial charge in [-0.2, -0.15) is 0 Å². The standard InChI is InChI=1S/C38H25NO2/c1-22-16-18-30-28(20-22)29-21-23(2)17-19-31(29)39(30)32-12-5-11-27-37-25(10-7-15-35(37)41-38(27)32)24-9-6-14-34-36(24)26-8-3-4-13-33(26)40-34/h3-21H,1-2H3. The summed E-state index contributed by atoms with van der Waals surface area (Å²) in [4.78, 5) is 0. The molecule has 0 saturated heterocycles. The molecule has 0 atom stereocenters. The Labute approximate surface area is 235 Å². The third-order valence-electron chi connectivity index (χ3n) is 8.51. The van der Waals surface area contributed by atoms with Gasteiger partial charge in [-0.15, -0.1) is 0 Å². The average Bonchev–Trinajstić information content (AvgIpc) is 3.66. The first-order valence-corrected chi connectivity index (χ1v) is 14.0. The topological polar surface area (TPSA) is 31.2 Å². The third kappa shape index (κ3) is 3.09. The molecule has 0 aliphatic carbocycles. The second-order valence-corrected chi connectivity index (χ2v) is 11.1. The van der Waals surface area contributed by atoms with E-state index in [4.69, 9.17) is 8.83 Å². The quantitative estimate of drug-likeness (QED) is 0.224. The summed E-state index contributed by atoms with van der Waals surface area (Å²) in [7, 11) is 0. The van der Waals surface area contributed by atoms with Crippen LogP contribution in [0.3, 0.4) is 0 Å². The highest BCUT2D eigenvalue weighted by molar-refractivity contribution is 6.20. The van der Waals surface area contributed by atoms with E-state index < -0.39 is 0 Å². The number of aromatic nitrogens is 1. The Morgan fingerprint density at radius 2 is 1.02 bits per heavy atom. The highest BCUT2D eigenvalue weighted by Crippen LogP contribution is 2.44. The zero-order valence-electron chi connectivity index (χ0n) is 22.7. The van der Waals surface area contributed by atoms with Crippen molar-refractivity contribution in [2.45, 2.75) is 13.8 Å². The number of benzene rings is 6. The van der Waals surface area contributed by atoms with E-state index in [1.807, 2.05) is 12.1 Å². The van der Waals surface area contributed by atoms with Crippen LogP contribution < -0.4 is 0 Å². The largest absolute Gasteiger partial charge is 0.456 e. The molecule has 41 heavy (non-hydrogen) atoms. The van der Waals surface area contributed by atoms with Crippen molar-refractivity contribution in [2.24, 2.45) is 0 Å².